The molecule has 0 aliphatic heterocycles. The highest BCUT2D eigenvalue weighted by atomic mass is 16.6. The second-order valence-corrected chi connectivity index (χ2v) is 5.28. The molecule has 0 amide bonds. The number of nitro groups is 1. The average molecular weight is 307 g/mol. The van der Waals surface area contributed by atoms with Crippen LogP contribution in [0, 0.1) is 10.1 Å². The molecular weight excluding hydrogens is 278 g/mol. The van der Waals surface area contributed by atoms with E-state index in [1.54, 1.807) is 6.08 Å². The van der Waals surface area contributed by atoms with Crippen LogP contribution in [0.3, 0.4) is 0 Å². The summed E-state index contributed by atoms with van der Waals surface area (Å²) >= 11 is 0. The zero-order valence-corrected chi connectivity index (χ0v) is 13.7. The van der Waals surface area contributed by atoms with E-state index in [1.807, 2.05) is 12.2 Å². The number of hydrogen-bond acceptors (Lipinski definition) is 3. The van der Waals surface area contributed by atoms with Gasteiger partial charge in [-0.05, 0) is 44.6 Å². The number of unbranched alkanes of at least 4 members (excludes halogenated alkanes) is 6. The molecule has 0 heterocycles. The summed E-state index contributed by atoms with van der Waals surface area (Å²) in [5, 5.41) is 10.9. The highest BCUT2D eigenvalue weighted by Crippen LogP contribution is 2.09. The summed E-state index contributed by atoms with van der Waals surface area (Å²) < 4.78 is 0. The molecule has 4 heteroatoms. The highest BCUT2D eigenvalue weighted by Gasteiger charge is 2.06. The Bertz CT molecular complexity index is 384. The molecule has 0 saturated heterocycles. The zero-order valence-electron chi connectivity index (χ0n) is 13.7. The summed E-state index contributed by atoms with van der Waals surface area (Å²) in [6.45, 7) is 2.12. The van der Waals surface area contributed by atoms with Crippen LogP contribution >= 0.6 is 0 Å². The number of hydrogen-bond donors (Lipinski definition) is 0. The fourth-order valence-corrected chi connectivity index (χ4v) is 1.98. The number of carbonyl (C=O) groups excluding carboxylic acids is 1. The third-order valence-corrected chi connectivity index (χ3v) is 3.30. The number of carbonyl (C=O) groups is 1. The average Bonchev–Trinajstić information content (AvgIpc) is 2.50. The largest absolute Gasteiger partial charge is 0.303 e. The molecule has 0 aromatic carbocycles. The lowest BCUT2D eigenvalue weighted by Crippen LogP contribution is -1.97. The lowest BCUT2D eigenvalue weighted by atomic mass is 10.1. The summed E-state index contributed by atoms with van der Waals surface area (Å²) in [4.78, 5) is 20.8. The lowest BCUT2D eigenvalue weighted by molar-refractivity contribution is -0.427. The van der Waals surface area contributed by atoms with Crippen LogP contribution in [0.25, 0.3) is 0 Å². The van der Waals surface area contributed by atoms with Gasteiger partial charge in [0.25, 0.3) is 0 Å². The molecule has 22 heavy (non-hydrogen) atoms. The van der Waals surface area contributed by atoms with Crippen molar-refractivity contribution in [2.45, 2.75) is 71.1 Å². The van der Waals surface area contributed by atoms with Gasteiger partial charge in [0.2, 0.25) is 5.70 Å². The van der Waals surface area contributed by atoms with Gasteiger partial charge in [-0.3, -0.25) is 10.1 Å². The first-order valence-electron chi connectivity index (χ1n) is 8.29. The van der Waals surface area contributed by atoms with Crippen molar-refractivity contribution in [1.29, 1.82) is 0 Å². The molecule has 0 N–H and O–H groups in total. The molecule has 0 aromatic heterocycles. The summed E-state index contributed by atoms with van der Waals surface area (Å²) in [7, 11) is 0. The van der Waals surface area contributed by atoms with Gasteiger partial charge in [-0.2, -0.15) is 0 Å². The number of allylic oxidation sites excluding steroid dienone is 5. The molecule has 0 radical (unpaired) electrons. The molecule has 4 nitrogen and oxygen atoms in total. The Morgan fingerprint density at radius 1 is 0.955 bits per heavy atom. The third kappa shape index (κ3) is 13.3. The van der Waals surface area contributed by atoms with Gasteiger partial charge >= 0.3 is 0 Å². The summed E-state index contributed by atoms with van der Waals surface area (Å²) in [6.07, 6.45) is 19.6. The first kappa shape index (κ1) is 20.3. The van der Waals surface area contributed by atoms with Crippen LogP contribution in [0.5, 0.6) is 0 Å². The minimum absolute atomic E-state index is 0.279. The van der Waals surface area contributed by atoms with Crippen molar-refractivity contribution in [2.24, 2.45) is 0 Å². The molecule has 0 saturated carbocycles. The summed E-state index contributed by atoms with van der Waals surface area (Å²) in [6, 6.07) is 0. The van der Waals surface area contributed by atoms with Crippen LogP contribution in [-0.2, 0) is 4.79 Å². The van der Waals surface area contributed by atoms with E-state index in [2.05, 4.69) is 19.1 Å². The zero-order chi connectivity index (χ0) is 16.5. The second kappa shape index (κ2) is 15.7. The Kier molecular flexibility index (Phi) is 14.5. The smallest absolute Gasteiger partial charge is 0.246 e. The van der Waals surface area contributed by atoms with E-state index >= 15 is 0 Å². The maximum absolute atomic E-state index is 10.9. The predicted octanol–water partition coefficient (Wildman–Crippen LogP) is 5.38. The number of nitrogens with zero attached hydrogens (tertiary/aromatic N) is 1. The van der Waals surface area contributed by atoms with Gasteiger partial charge in [0.1, 0.15) is 6.29 Å². The quantitative estimate of drug-likeness (QED) is 0.142. The molecule has 0 fully saturated rings. The molecule has 124 valence electrons. The molecule has 0 unspecified atom stereocenters. The maximum atomic E-state index is 10.9. The van der Waals surface area contributed by atoms with Gasteiger partial charge in [-0.15, -0.1) is 0 Å². The number of rotatable bonds is 14. The van der Waals surface area contributed by atoms with Gasteiger partial charge < -0.3 is 4.79 Å². The van der Waals surface area contributed by atoms with Crippen molar-refractivity contribution in [3.05, 3.63) is 46.2 Å². The van der Waals surface area contributed by atoms with Crippen LogP contribution in [0.1, 0.15) is 71.1 Å². The SMILES string of the molecule is CCCCC/C=C(/C/C=C/C/C=C/CCCCC=O)[N+](=O)[O-]. The van der Waals surface area contributed by atoms with E-state index in [0.717, 1.165) is 57.7 Å². The molecule has 0 spiro atoms. The molecule has 0 bridgehead atoms. The van der Waals surface area contributed by atoms with Gasteiger partial charge in [0.15, 0.2) is 0 Å². The van der Waals surface area contributed by atoms with Crippen molar-refractivity contribution < 1.29 is 9.72 Å². The summed E-state index contributed by atoms with van der Waals surface area (Å²) in [5.41, 5.74) is 0.296. The standard InChI is InChI=1S/C18H29NO3/c1-2-3-4-12-15-18(19(21)22)16-13-10-8-6-5-7-9-11-14-17-20/h5-6,10,13,15,17H,2-4,7-9,11-12,14,16H2,1H3/b6-5+,13-10+,18-15-. The first-order valence-corrected chi connectivity index (χ1v) is 8.29. The van der Waals surface area contributed by atoms with E-state index in [1.165, 1.54) is 0 Å². The Balaban J connectivity index is 3.88. The molecule has 0 atom stereocenters. The van der Waals surface area contributed by atoms with Gasteiger partial charge in [0.05, 0.1) is 11.3 Å². The Morgan fingerprint density at radius 2 is 1.64 bits per heavy atom. The fraction of sp³-hybridized carbons (Fsp3) is 0.611. The Hall–Kier alpha value is -1.71. The van der Waals surface area contributed by atoms with Gasteiger partial charge in [-0.1, -0.05) is 44.1 Å². The van der Waals surface area contributed by atoms with Crippen LogP contribution < -0.4 is 0 Å². The van der Waals surface area contributed by atoms with Crippen LogP contribution in [0.4, 0.5) is 0 Å². The van der Waals surface area contributed by atoms with Crippen LogP contribution in [-0.4, -0.2) is 11.2 Å². The predicted molar refractivity (Wildman–Crippen MR) is 91.3 cm³/mol. The summed E-state index contributed by atoms with van der Waals surface area (Å²) in [5.74, 6) is 0. The first-order chi connectivity index (χ1) is 10.7. The van der Waals surface area contributed by atoms with Gasteiger partial charge in [-0.25, -0.2) is 0 Å². The lowest BCUT2D eigenvalue weighted by Gasteiger charge is -1.95. The molecule has 0 rings (SSSR count). The van der Waals surface area contributed by atoms with E-state index < -0.39 is 0 Å². The van der Waals surface area contributed by atoms with Crippen molar-refractivity contribution in [3.63, 3.8) is 0 Å². The molecule has 0 aromatic rings. The Labute approximate surface area is 134 Å². The normalized spacial score (nSPS) is 12.3. The minimum Gasteiger partial charge on any atom is -0.303 e. The van der Waals surface area contributed by atoms with Crippen molar-refractivity contribution in [2.75, 3.05) is 0 Å². The topological polar surface area (TPSA) is 60.2 Å². The van der Waals surface area contributed by atoms with E-state index in [-0.39, 0.29) is 4.92 Å². The maximum Gasteiger partial charge on any atom is 0.246 e. The number of aldehydes is 1. The van der Waals surface area contributed by atoms with Crippen molar-refractivity contribution in [1.82, 2.24) is 0 Å². The van der Waals surface area contributed by atoms with E-state index in [0.29, 0.717) is 18.5 Å². The second-order valence-electron chi connectivity index (χ2n) is 5.28. The van der Waals surface area contributed by atoms with Crippen molar-refractivity contribution in [3.8, 4) is 0 Å². The molecular formula is C18H29NO3. The Morgan fingerprint density at radius 3 is 2.32 bits per heavy atom. The highest BCUT2D eigenvalue weighted by molar-refractivity contribution is 5.48. The monoisotopic (exact) mass is 307 g/mol. The van der Waals surface area contributed by atoms with E-state index in [9.17, 15) is 14.9 Å². The third-order valence-electron chi connectivity index (χ3n) is 3.30. The fourth-order valence-electron chi connectivity index (χ4n) is 1.98. The molecule has 0 aliphatic carbocycles. The van der Waals surface area contributed by atoms with Crippen molar-refractivity contribution >= 4 is 6.29 Å². The molecule has 0 aliphatic rings. The minimum atomic E-state index is -0.279. The van der Waals surface area contributed by atoms with Crippen LogP contribution in [0.2, 0.25) is 0 Å². The van der Waals surface area contributed by atoms with E-state index in [4.69, 9.17) is 0 Å². The van der Waals surface area contributed by atoms with Gasteiger partial charge in [0, 0.05) is 6.42 Å². The van der Waals surface area contributed by atoms with Crippen LogP contribution in [0.15, 0.2) is 36.1 Å².